The Bertz CT molecular complexity index is 1000. The molecule has 1 heterocycles. The fraction of sp³-hybridized carbons (Fsp3) is 0.158. The van der Waals surface area contributed by atoms with Gasteiger partial charge in [0, 0.05) is 11.8 Å². The predicted molar refractivity (Wildman–Crippen MR) is 91.8 cm³/mol. The summed E-state index contributed by atoms with van der Waals surface area (Å²) in [6.07, 6.45) is 1.67. The molecule has 24 heavy (non-hydrogen) atoms. The Hall–Kier alpha value is -3.10. The third kappa shape index (κ3) is 2.75. The van der Waals surface area contributed by atoms with Gasteiger partial charge in [0.2, 0.25) is 0 Å². The lowest BCUT2D eigenvalue weighted by atomic mass is 9.93. The maximum absolute atomic E-state index is 12.2. The molecule has 0 amide bonds. The van der Waals surface area contributed by atoms with E-state index in [1.807, 2.05) is 31.2 Å². The fourth-order valence-corrected chi connectivity index (χ4v) is 2.90. The molecule has 2 N–H and O–H groups in total. The summed E-state index contributed by atoms with van der Waals surface area (Å²) in [4.78, 5) is 14.9. The van der Waals surface area contributed by atoms with Gasteiger partial charge in [0.25, 0.3) is 5.56 Å². The number of ether oxygens (including phenoxy) is 1. The van der Waals surface area contributed by atoms with Crippen LogP contribution in [0.25, 0.3) is 21.9 Å². The Morgan fingerprint density at radius 3 is 2.83 bits per heavy atom. The van der Waals surface area contributed by atoms with E-state index in [0.29, 0.717) is 11.1 Å². The van der Waals surface area contributed by atoms with Crippen LogP contribution in [-0.2, 0) is 6.61 Å². The topological polar surface area (TPSA) is 86.1 Å². The molecular weight excluding hydrogens is 304 g/mol. The number of fused-ring (bicyclic) bond motifs is 1. The number of aromatic amines is 1. The molecule has 0 bridgehead atoms. The molecule has 3 aromatic rings. The molecule has 0 saturated carbocycles. The SMILES string of the molecule is Cc1cccc(CO)c1-c1c[nH]c(=O)c2cc(OCC#N)ccc12. The average Bonchev–Trinajstić information content (AvgIpc) is 2.61. The third-order valence-electron chi connectivity index (χ3n) is 3.98. The number of rotatable bonds is 4. The van der Waals surface area contributed by atoms with Crippen LogP contribution >= 0.6 is 0 Å². The van der Waals surface area contributed by atoms with Gasteiger partial charge in [-0.1, -0.05) is 18.2 Å². The average molecular weight is 320 g/mol. The van der Waals surface area contributed by atoms with Crippen LogP contribution in [-0.4, -0.2) is 16.7 Å². The number of aromatic nitrogens is 1. The second-order valence-corrected chi connectivity index (χ2v) is 5.45. The molecule has 0 unspecified atom stereocenters. The summed E-state index contributed by atoms with van der Waals surface area (Å²) in [5.41, 5.74) is 3.34. The summed E-state index contributed by atoms with van der Waals surface area (Å²) in [5, 5.41) is 19.5. The monoisotopic (exact) mass is 320 g/mol. The van der Waals surface area contributed by atoms with E-state index in [1.165, 1.54) is 0 Å². The number of nitriles is 1. The van der Waals surface area contributed by atoms with Crippen molar-refractivity contribution in [1.82, 2.24) is 4.98 Å². The molecule has 120 valence electrons. The van der Waals surface area contributed by atoms with Crippen molar-refractivity contribution in [2.75, 3.05) is 6.61 Å². The van der Waals surface area contributed by atoms with Gasteiger partial charge in [-0.3, -0.25) is 4.79 Å². The highest BCUT2D eigenvalue weighted by molar-refractivity contribution is 5.97. The Labute approximate surface area is 138 Å². The molecule has 0 saturated heterocycles. The van der Waals surface area contributed by atoms with Crippen molar-refractivity contribution < 1.29 is 9.84 Å². The minimum atomic E-state index is -0.227. The summed E-state index contributed by atoms with van der Waals surface area (Å²) >= 11 is 0. The van der Waals surface area contributed by atoms with Gasteiger partial charge in [0.15, 0.2) is 6.61 Å². The lowest BCUT2D eigenvalue weighted by molar-refractivity contribution is 0.282. The van der Waals surface area contributed by atoms with Crippen molar-refractivity contribution in [2.45, 2.75) is 13.5 Å². The number of hydrogen-bond donors (Lipinski definition) is 2. The number of hydrogen-bond acceptors (Lipinski definition) is 4. The van der Waals surface area contributed by atoms with Crippen molar-refractivity contribution >= 4 is 10.8 Å². The highest BCUT2D eigenvalue weighted by atomic mass is 16.5. The summed E-state index contributed by atoms with van der Waals surface area (Å²) in [6.45, 7) is 1.81. The van der Waals surface area contributed by atoms with Crippen LogP contribution in [0.15, 0.2) is 47.4 Å². The van der Waals surface area contributed by atoms with Crippen LogP contribution in [0.5, 0.6) is 5.75 Å². The first kappa shape index (κ1) is 15.8. The second-order valence-electron chi connectivity index (χ2n) is 5.45. The van der Waals surface area contributed by atoms with E-state index in [0.717, 1.165) is 27.6 Å². The first-order valence-electron chi connectivity index (χ1n) is 7.50. The van der Waals surface area contributed by atoms with Gasteiger partial charge in [-0.05, 0) is 47.2 Å². The van der Waals surface area contributed by atoms with Gasteiger partial charge in [0.1, 0.15) is 11.8 Å². The molecule has 0 radical (unpaired) electrons. The molecule has 0 aliphatic rings. The summed E-state index contributed by atoms with van der Waals surface area (Å²) in [7, 11) is 0. The highest BCUT2D eigenvalue weighted by Crippen LogP contribution is 2.33. The van der Waals surface area contributed by atoms with Crippen LogP contribution in [0.2, 0.25) is 0 Å². The standard InChI is InChI=1S/C19H16N2O3/c1-12-3-2-4-13(11-22)18(12)17-10-21-19(23)16-9-14(24-8-7-20)5-6-15(16)17/h2-6,9-10,22H,8,11H2,1H3,(H,21,23). The minimum absolute atomic E-state index is 0.0739. The van der Waals surface area contributed by atoms with Gasteiger partial charge >= 0.3 is 0 Å². The van der Waals surface area contributed by atoms with Gasteiger partial charge in [0.05, 0.1) is 12.0 Å². The van der Waals surface area contributed by atoms with E-state index in [4.69, 9.17) is 10.00 Å². The molecule has 0 spiro atoms. The number of nitrogens with one attached hydrogen (secondary N) is 1. The number of nitrogens with zero attached hydrogens (tertiary/aromatic N) is 1. The van der Waals surface area contributed by atoms with E-state index in [-0.39, 0.29) is 18.8 Å². The molecule has 5 heteroatoms. The third-order valence-corrected chi connectivity index (χ3v) is 3.98. The van der Waals surface area contributed by atoms with E-state index >= 15 is 0 Å². The Morgan fingerprint density at radius 1 is 1.25 bits per heavy atom. The van der Waals surface area contributed by atoms with Gasteiger partial charge in [-0.25, -0.2) is 0 Å². The molecule has 5 nitrogen and oxygen atoms in total. The number of benzene rings is 2. The number of pyridine rings is 1. The van der Waals surface area contributed by atoms with Gasteiger partial charge in [-0.15, -0.1) is 0 Å². The fourth-order valence-electron chi connectivity index (χ4n) is 2.90. The largest absolute Gasteiger partial charge is 0.479 e. The molecule has 0 fully saturated rings. The molecule has 1 aromatic heterocycles. The van der Waals surface area contributed by atoms with Crippen LogP contribution < -0.4 is 10.3 Å². The Balaban J connectivity index is 2.26. The zero-order valence-corrected chi connectivity index (χ0v) is 13.2. The first-order chi connectivity index (χ1) is 11.7. The van der Waals surface area contributed by atoms with Crippen LogP contribution in [0, 0.1) is 18.3 Å². The van der Waals surface area contributed by atoms with Gasteiger partial charge in [-0.2, -0.15) is 5.26 Å². The first-order valence-corrected chi connectivity index (χ1v) is 7.50. The molecule has 0 aliphatic carbocycles. The number of H-pyrrole nitrogens is 1. The van der Waals surface area contributed by atoms with Crippen molar-refractivity contribution in [3.05, 3.63) is 64.1 Å². The summed E-state index contributed by atoms with van der Waals surface area (Å²) in [5.74, 6) is 0.471. The highest BCUT2D eigenvalue weighted by Gasteiger charge is 2.13. The van der Waals surface area contributed by atoms with Gasteiger partial charge < -0.3 is 14.8 Å². The second kappa shape index (κ2) is 6.57. The van der Waals surface area contributed by atoms with Crippen molar-refractivity contribution in [2.24, 2.45) is 0 Å². The van der Waals surface area contributed by atoms with Crippen molar-refractivity contribution in [3.8, 4) is 22.9 Å². The van der Waals surface area contributed by atoms with E-state index in [2.05, 4.69) is 4.98 Å². The molecular formula is C19H16N2O3. The summed E-state index contributed by atoms with van der Waals surface area (Å²) < 4.78 is 5.28. The Morgan fingerprint density at radius 2 is 2.08 bits per heavy atom. The quantitative estimate of drug-likeness (QED) is 0.774. The van der Waals surface area contributed by atoms with Crippen LogP contribution in [0.3, 0.4) is 0 Å². The van der Waals surface area contributed by atoms with Crippen molar-refractivity contribution in [3.63, 3.8) is 0 Å². The lowest BCUT2D eigenvalue weighted by Crippen LogP contribution is -2.07. The lowest BCUT2D eigenvalue weighted by Gasteiger charge is -2.14. The minimum Gasteiger partial charge on any atom is -0.479 e. The smallest absolute Gasteiger partial charge is 0.255 e. The normalized spacial score (nSPS) is 10.5. The van der Waals surface area contributed by atoms with E-state index in [9.17, 15) is 9.90 Å². The molecule has 0 atom stereocenters. The van der Waals surface area contributed by atoms with Crippen molar-refractivity contribution in [1.29, 1.82) is 5.26 Å². The predicted octanol–water partition coefficient (Wildman–Crippen LogP) is 2.90. The maximum Gasteiger partial charge on any atom is 0.255 e. The van der Waals surface area contributed by atoms with Crippen LogP contribution in [0.4, 0.5) is 0 Å². The zero-order chi connectivity index (χ0) is 17.1. The Kier molecular flexibility index (Phi) is 4.32. The maximum atomic E-state index is 12.2. The van der Waals surface area contributed by atoms with Crippen LogP contribution in [0.1, 0.15) is 11.1 Å². The molecule has 3 rings (SSSR count). The zero-order valence-electron chi connectivity index (χ0n) is 13.2. The molecule has 2 aromatic carbocycles. The number of aryl methyl sites for hydroxylation is 1. The number of aliphatic hydroxyl groups excluding tert-OH is 1. The van der Waals surface area contributed by atoms with E-state index in [1.54, 1.807) is 24.4 Å². The molecule has 0 aliphatic heterocycles. The summed E-state index contributed by atoms with van der Waals surface area (Å²) in [6, 6.07) is 12.8. The number of aliphatic hydroxyl groups is 1. The van der Waals surface area contributed by atoms with E-state index < -0.39 is 0 Å².